The van der Waals surface area contributed by atoms with Crippen LogP contribution >= 0.6 is 0 Å². The molecule has 0 aliphatic heterocycles. The first-order chi connectivity index (χ1) is 14.0. The van der Waals surface area contributed by atoms with Crippen molar-refractivity contribution in [1.29, 1.82) is 0 Å². The maximum absolute atomic E-state index is 12.1. The molecule has 8 heteroatoms. The van der Waals surface area contributed by atoms with E-state index in [0.29, 0.717) is 5.69 Å². The summed E-state index contributed by atoms with van der Waals surface area (Å²) in [5.41, 5.74) is 1.85. The van der Waals surface area contributed by atoms with E-state index in [-0.39, 0.29) is 22.4 Å². The normalized spacial score (nSPS) is 11.4. The molecule has 0 aromatic heterocycles. The van der Waals surface area contributed by atoms with Gasteiger partial charge >= 0.3 is 5.97 Å². The van der Waals surface area contributed by atoms with Crippen molar-refractivity contribution in [3.05, 3.63) is 59.7 Å². The number of anilines is 1. The molecule has 0 saturated heterocycles. The van der Waals surface area contributed by atoms with E-state index >= 15 is 0 Å². The van der Waals surface area contributed by atoms with Gasteiger partial charge in [-0.3, -0.25) is 4.79 Å². The molecular formula is C22H24N2O5S. The molecule has 30 heavy (non-hydrogen) atoms. The molecule has 0 bridgehead atoms. The van der Waals surface area contributed by atoms with E-state index in [1.807, 2.05) is 12.1 Å². The fraction of sp³-hybridized carbons (Fsp3) is 0.273. The molecule has 0 aliphatic rings. The van der Waals surface area contributed by atoms with Crippen LogP contribution in [-0.2, 0) is 25.0 Å². The Bertz CT molecular complexity index is 1040. The topological polar surface area (TPSA) is 102 Å². The second-order valence-electron chi connectivity index (χ2n) is 7.50. The second-order valence-corrected chi connectivity index (χ2v) is 9.27. The summed E-state index contributed by atoms with van der Waals surface area (Å²) in [5.74, 6) is 0.951. The lowest BCUT2D eigenvalue weighted by Crippen LogP contribution is -2.24. The molecule has 1 amide bonds. The predicted octanol–water partition coefficient (Wildman–Crippen LogP) is 2.69. The predicted molar refractivity (Wildman–Crippen MR) is 115 cm³/mol. The third-order valence-electron chi connectivity index (χ3n) is 4.13. The van der Waals surface area contributed by atoms with Gasteiger partial charge in [0, 0.05) is 5.69 Å². The SMILES string of the molecule is C#CCNS(=O)(=O)c1ccc(C(=O)OCC(=O)Nc2ccc(C(C)(C)C)cc2)cc1. The Hall–Kier alpha value is -3.15. The van der Waals surface area contributed by atoms with Crippen molar-refractivity contribution >= 4 is 27.6 Å². The average molecular weight is 429 g/mol. The smallest absolute Gasteiger partial charge is 0.338 e. The number of carbonyl (C=O) groups is 2. The zero-order valence-electron chi connectivity index (χ0n) is 17.1. The summed E-state index contributed by atoms with van der Waals surface area (Å²) >= 11 is 0. The van der Waals surface area contributed by atoms with Crippen LogP contribution in [0.25, 0.3) is 0 Å². The molecule has 158 valence electrons. The monoisotopic (exact) mass is 428 g/mol. The molecule has 0 heterocycles. The van der Waals surface area contributed by atoms with Gasteiger partial charge in [-0.15, -0.1) is 6.42 Å². The molecule has 2 rings (SSSR count). The number of hydrogen-bond donors (Lipinski definition) is 2. The summed E-state index contributed by atoms with van der Waals surface area (Å²) in [7, 11) is -3.75. The lowest BCUT2D eigenvalue weighted by Gasteiger charge is -2.19. The highest BCUT2D eigenvalue weighted by Crippen LogP contribution is 2.23. The van der Waals surface area contributed by atoms with Gasteiger partial charge in [0.2, 0.25) is 10.0 Å². The summed E-state index contributed by atoms with van der Waals surface area (Å²) in [5, 5.41) is 2.66. The van der Waals surface area contributed by atoms with E-state index < -0.39 is 28.5 Å². The first kappa shape index (κ1) is 23.1. The summed E-state index contributed by atoms with van der Waals surface area (Å²) in [6.07, 6.45) is 5.04. The number of amides is 1. The van der Waals surface area contributed by atoms with Crippen LogP contribution in [0.1, 0.15) is 36.7 Å². The minimum atomic E-state index is -3.75. The van der Waals surface area contributed by atoms with Crippen molar-refractivity contribution in [3.63, 3.8) is 0 Å². The van der Waals surface area contributed by atoms with Gasteiger partial charge in [-0.25, -0.2) is 13.2 Å². The van der Waals surface area contributed by atoms with Crippen LogP contribution in [0.15, 0.2) is 53.4 Å². The number of terminal acetylenes is 1. The van der Waals surface area contributed by atoms with Crippen molar-refractivity contribution < 1.29 is 22.7 Å². The van der Waals surface area contributed by atoms with E-state index in [1.54, 1.807) is 12.1 Å². The van der Waals surface area contributed by atoms with Crippen molar-refractivity contribution in [3.8, 4) is 12.3 Å². The molecule has 0 aliphatic carbocycles. The van der Waals surface area contributed by atoms with Gasteiger partial charge in [-0.2, -0.15) is 4.72 Å². The number of hydrogen-bond acceptors (Lipinski definition) is 5. The van der Waals surface area contributed by atoms with Crippen LogP contribution in [0, 0.1) is 12.3 Å². The van der Waals surface area contributed by atoms with Gasteiger partial charge in [0.05, 0.1) is 17.0 Å². The Morgan fingerprint density at radius 3 is 2.17 bits per heavy atom. The number of sulfonamides is 1. The number of rotatable bonds is 7. The van der Waals surface area contributed by atoms with Crippen LogP contribution < -0.4 is 10.0 Å². The lowest BCUT2D eigenvalue weighted by molar-refractivity contribution is -0.119. The van der Waals surface area contributed by atoms with Gasteiger partial charge in [0.15, 0.2) is 6.61 Å². The fourth-order valence-electron chi connectivity index (χ4n) is 2.46. The Labute approximate surface area is 176 Å². The van der Waals surface area contributed by atoms with Gasteiger partial charge in [-0.05, 0) is 47.4 Å². The molecule has 0 fully saturated rings. The highest BCUT2D eigenvalue weighted by Gasteiger charge is 2.16. The first-order valence-electron chi connectivity index (χ1n) is 9.13. The van der Waals surface area contributed by atoms with Gasteiger partial charge < -0.3 is 10.1 Å². The number of benzene rings is 2. The molecule has 0 radical (unpaired) electrons. The minimum Gasteiger partial charge on any atom is -0.452 e. The molecule has 2 N–H and O–H groups in total. The summed E-state index contributed by atoms with van der Waals surface area (Å²) in [6.45, 7) is 5.67. The average Bonchev–Trinajstić information content (AvgIpc) is 2.70. The Kier molecular flexibility index (Phi) is 7.38. The largest absolute Gasteiger partial charge is 0.452 e. The van der Waals surface area contributed by atoms with Crippen molar-refractivity contribution in [2.24, 2.45) is 0 Å². The van der Waals surface area contributed by atoms with Gasteiger partial charge in [-0.1, -0.05) is 38.8 Å². The Morgan fingerprint density at radius 2 is 1.63 bits per heavy atom. The van der Waals surface area contributed by atoms with Crippen molar-refractivity contribution in [2.75, 3.05) is 18.5 Å². The molecule has 0 unspecified atom stereocenters. The van der Waals surface area contributed by atoms with E-state index in [0.717, 1.165) is 5.56 Å². The Morgan fingerprint density at radius 1 is 1.03 bits per heavy atom. The van der Waals surface area contributed by atoms with E-state index in [1.165, 1.54) is 24.3 Å². The number of ether oxygens (including phenoxy) is 1. The van der Waals surface area contributed by atoms with Crippen molar-refractivity contribution in [2.45, 2.75) is 31.1 Å². The molecule has 0 saturated carbocycles. The molecule has 7 nitrogen and oxygen atoms in total. The van der Waals surface area contributed by atoms with Gasteiger partial charge in [0.1, 0.15) is 0 Å². The van der Waals surface area contributed by atoms with Crippen LogP contribution in [0.5, 0.6) is 0 Å². The zero-order valence-corrected chi connectivity index (χ0v) is 17.9. The molecule has 2 aromatic carbocycles. The minimum absolute atomic E-state index is 0.00428. The fourth-order valence-corrected chi connectivity index (χ4v) is 3.39. The van der Waals surface area contributed by atoms with Crippen LogP contribution in [0.4, 0.5) is 5.69 Å². The zero-order chi connectivity index (χ0) is 22.4. The van der Waals surface area contributed by atoms with Crippen LogP contribution in [-0.4, -0.2) is 33.4 Å². The number of nitrogens with one attached hydrogen (secondary N) is 2. The highest BCUT2D eigenvalue weighted by atomic mass is 32.2. The number of carbonyl (C=O) groups excluding carboxylic acids is 2. The highest BCUT2D eigenvalue weighted by molar-refractivity contribution is 7.89. The maximum Gasteiger partial charge on any atom is 0.338 e. The second kappa shape index (κ2) is 9.57. The summed E-state index contributed by atoms with van der Waals surface area (Å²) in [4.78, 5) is 24.1. The van der Waals surface area contributed by atoms with Crippen molar-refractivity contribution in [1.82, 2.24) is 4.72 Å². The van der Waals surface area contributed by atoms with Gasteiger partial charge in [0.25, 0.3) is 5.91 Å². The van der Waals surface area contributed by atoms with Crippen LogP contribution in [0.3, 0.4) is 0 Å². The third kappa shape index (κ3) is 6.44. The molecule has 2 aromatic rings. The Balaban J connectivity index is 1.91. The van der Waals surface area contributed by atoms with E-state index in [9.17, 15) is 18.0 Å². The standard InChI is InChI=1S/C22H24N2O5S/c1-5-14-23-30(27,28)19-12-6-16(7-13-19)21(26)29-15-20(25)24-18-10-8-17(9-11-18)22(2,3)4/h1,6-13,23H,14-15H2,2-4H3,(H,24,25). The lowest BCUT2D eigenvalue weighted by atomic mass is 9.87. The quantitative estimate of drug-likeness (QED) is 0.522. The van der Waals surface area contributed by atoms with E-state index in [2.05, 4.69) is 36.7 Å². The summed E-state index contributed by atoms with van der Waals surface area (Å²) in [6, 6.07) is 12.5. The van der Waals surface area contributed by atoms with E-state index in [4.69, 9.17) is 11.2 Å². The third-order valence-corrected chi connectivity index (χ3v) is 5.55. The molecular weight excluding hydrogens is 404 g/mol. The number of esters is 1. The maximum atomic E-state index is 12.1. The summed E-state index contributed by atoms with van der Waals surface area (Å²) < 4.78 is 31.1. The first-order valence-corrected chi connectivity index (χ1v) is 10.6. The molecule has 0 atom stereocenters. The molecule has 0 spiro atoms. The van der Waals surface area contributed by atoms with Crippen LogP contribution in [0.2, 0.25) is 0 Å².